The van der Waals surface area contributed by atoms with Gasteiger partial charge in [-0.1, -0.05) is 13.8 Å². The van der Waals surface area contributed by atoms with Crippen molar-refractivity contribution in [3.05, 3.63) is 0 Å². The van der Waals surface area contributed by atoms with Crippen LogP contribution < -0.4 is 5.32 Å². The van der Waals surface area contributed by atoms with Gasteiger partial charge in [0, 0.05) is 19.0 Å². The Hall–Kier alpha value is -0.480. The molecule has 0 aromatic rings. The zero-order chi connectivity index (χ0) is 7.82. The Morgan fingerprint density at radius 2 is 2.00 bits per heavy atom. The Labute approximate surface area is 64.2 Å². The van der Waals surface area contributed by atoms with Crippen LogP contribution in [-0.4, -0.2) is 12.6 Å². The van der Waals surface area contributed by atoms with Crippen LogP contribution in [0, 0.1) is 12.3 Å². The summed E-state index contributed by atoms with van der Waals surface area (Å²) in [6, 6.07) is 0.661. The number of rotatable bonds is 5. The quantitative estimate of drug-likeness (QED) is 0.452. The Balaban J connectivity index is 3.19. The molecule has 0 aliphatic rings. The second kappa shape index (κ2) is 6.64. The molecule has 0 rings (SSSR count). The summed E-state index contributed by atoms with van der Waals surface area (Å²) < 4.78 is 0. The average molecular weight is 139 g/mol. The minimum absolute atomic E-state index is 0.661. The van der Waals surface area contributed by atoms with E-state index < -0.39 is 0 Å². The van der Waals surface area contributed by atoms with Gasteiger partial charge in [-0.05, 0) is 12.8 Å². The molecule has 0 aromatic carbocycles. The monoisotopic (exact) mass is 139 g/mol. The van der Waals surface area contributed by atoms with E-state index in [-0.39, 0.29) is 0 Å². The minimum Gasteiger partial charge on any atom is -0.313 e. The molecule has 0 atom stereocenters. The molecule has 0 amide bonds. The first-order valence-corrected chi connectivity index (χ1v) is 4.02. The van der Waals surface area contributed by atoms with Crippen LogP contribution in [0.25, 0.3) is 0 Å². The third-order valence-electron chi connectivity index (χ3n) is 1.69. The van der Waals surface area contributed by atoms with Gasteiger partial charge in [-0.15, -0.1) is 12.3 Å². The lowest BCUT2D eigenvalue weighted by Crippen LogP contribution is -2.28. The first-order chi connectivity index (χ1) is 4.85. The van der Waals surface area contributed by atoms with Crippen molar-refractivity contribution >= 4 is 0 Å². The second-order valence-electron chi connectivity index (χ2n) is 2.42. The fraction of sp³-hybridized carbons (Fsp3) is 0.778. The largest absolute Gasteiger partial charge is 0.313 e. The molecule has 0 unspecified atom stereocenters. The Morgan fingerprint density at radius 1 is 1.40 bits per heavy atom. The van der Waals surface area contributed by atoms with Gasteiger partial charge in [0.2, 0.25) is 0 Å². The second-order valence-corrected chi connectivity index (χ2v) is 2.42. The summed E-state index contributed by atoms with van der Waals surface area (Å²) in [5.74, 6) is 2.61. The topological polar surface area (TPSA) is 12.0 Å². The Kier molecular flexibility index (Phi) is 6.32. The van der Waals surface area contributed by atoms with Gasteiger partial charge in [-0.3, -0.25) is 0 Å². The summed E-state index contributed by atoms with van der Waals surface area (Å²) in [5.41, 5.74) is 0. The fourth-order valence-electron chi connectivity index (χ4n) is 0.926. The molecule has 1 nitrogen and oxygen atoms in total. The van der Waals surface area contributed by atoms with Gasteiger partial charge >= 0.3 is 0 Å². The zero-order valence-electron chi connectivity index (χ0n) is 6.98. The first kappa shape index (κ1) is 9.52. The number of nitrogens with one attached hydrogen (secondary N) is 1. The Morgan fingerprint density at radius 3 is 2.40 bits per heavy atom. The third-order valence-corrected chi connectivity index (χ3v) is 1.69. The molecular weight excluding hydrogens is 122 g/mol. The van der Waals surface area contributed by atoms with Gasteiger partial charge in [0.1, 0.15) is 0 Å². The van der Waals surface area contributed by atoms with Crippen LogP contribution >= 0.6 is 0 Å². The summed E-state index contributed by atoms with van der Waals surface area (Å²) in [5, 5.41) is 3.38. The predicted octanol–water partition coefficient (Wildman–Crippen LogP) is 1.79. The van der Waals surface area contributed by atoms with Crippen molar-refractivity contribution in [3.63, 3.8) is 0 Å². The first-order valence-electron chi connectivity index (χ1n) is 4.02. The van der Waals surface area contributed by atoms with E-state index in [1.807, 2.05) is 0 Å². The molecule has 58 valence electrons. The number of hydrogen-bond acceptors (Lipinski definition) is 1. The van der Waals surface area contributed by atoms with Crippen LogP contribution in [0.3, 0.4) is 0 Å². The van der Waals surface area contributed by atoms with Crippen molar-refractivity contribution in [2.24, 2.45) is 0 Å². The van der Waals surface area contributed by atoms with Crippen molar-refractivity contribution in [2.75, 3.05) is 6.54 Å². The maximum Gasteiger partial charge on any atom is 0.0211 e. The molecule has 0 aliphatic heterocycles. The molecule has 1 heteroatoms. The highest BCUT2D eigenvalue weighted by atomic mass is 14.9. The van der Waals surface area contributed by atoms with Crippen LogP contribution in [0.15, 0.2) is 0 Å². The van der Waals surface area contributed by atoms with Crippen LogP contribution in [0.5, 0.6) is 0 Å². The maximum atomic E-state index is 5.11. The highest BCUT2D eigenvalue weighted by Gasteiger charge is 1.98. The van der Waals surface area contributed by atoms with Crippen molar-refractivity contribution in [1.29, 1.82) is 0 Å². The van der Waals surface area contributed by atoms with Crippen molar-refractivity contribution in [3.8, 4) is 12.3 Å². The third kappa shape index (κ3) is 4.40. The van der Waals surface area contributed by atoms with Crippen LogP contribution in [0.2, 0.25) is 0 Å². The van der Waals surface area contributed by atoms with Gasteiger partial charge in [-0.25, -0.2) is 0 Å². The molecule has 0 radical (unpaired) electrons. The zero-order valence-corrected chi connectivity index (χ0v) is 6.98. The van der Waals surface area contributed by atoms with E-state index >= 15 is 0 Å². The van der Waals surface area contributed by atoms with Gasteiger partial charge < -0.3 is 5.32 Å². The van der Waals surface area contributed by atoms with E-state index in [0.717, 1.165) is 13.0 Å². The van der Waals surface area contributed by atoms with Crippen molar-refractivity contribution in [1.82, 2.24) is 5.32 Å². The van der Waals surface area contributed by atoms with E-state index in [4.69, 9.17) is 6.42 Å². The predicted molar refractivity (Wildman–Crippen MR) is 45.8 cm³/mol. The van der Waals surface area contributed by atoms with E-state index in [1.54, 1.807) is 0 Å². The number of hydrogen-bond donors (Lipinski definition) is 1. The highest BCUT2D eigenvalue weighted by molar-refractivity contribution is 4.84. The highest BCUT2D eigenvalue weighted by Crippen LogP contribution is 1.94. The molecule has 0 saturated heterocycles. The van der Waals surface area contributed by atoms with E-state index in [9.17, 15) is 0 Å². The summed E-state index contributed by atoms with van der Waals surface area (Å²) in [4.78, 5) is 0. The van der Waals surface area contributed by atoms with Gasteiger partial charge in [-0.2, -0.15) is 0 Å². The number of terminal acetylenes is 1. The molecular formula is C9H17N. The molecule has 0 aliphatic carbocycles. The SMILES string of the molecule is C#CCCNC(CC)CC. The molecule has 0 saturated carbocycles. The van der Waals surface area contributed by atoms with Crippen molar-refractivity contribution in [2.45, 2.75) is 39.2 Å². The smallest absolute Gasteiger partial charge is 0.0211 e. The summed E-state index contributed by atoms with van der Waals surface area (Å²) in [6.07, 6.45) is 8.34. The molecule has 10 heavy (non-hydrogen) atoms. The maximum absolute atomic E-state index is 5.11. The van der Waals surface area contributed by atoms with Gasteiger partial charge in [0.15, 0.2) is 0 Å². The normalized spacial score (nSPS) is 9.80. The summed E-state index contributed by atoms with van der Waals surface area (Å²) in [7, 11) is 0. The standard InChI is InChI=1S/C9H17N/c1-4-7-8-10-9(5-2)6-3/h1,9-10H,5-8H2,2-3H3. The molecule has 0 bridgehead atoms. The van der Waals surface area contributed by atoms with Crippen LogP contribution in [0.1, 0.15) is 33.1 Å². The summed E-state index contributed by atoms with van der Waals surface area (Å²) >= 11 is 0. The fourth-order valence-corrected chi connectivity index (χ4v) is 0.926. The van der Waals surface area contributed by atoms with Gasteiger partial charge in [0.25, 0.3) is 0 Å². The molecule has 0 fully saturated rings. The van der Waals surface area contributed by atoms with Crippen LogP contribution in [0.4, 0.5) is 0 Å². The van der Waals surface area contributed by atoms with Gasteiger partial charge in [0.05, 0.1) is 0 Å². The molecule has 0 spiro atoms. The van der Waals surface area contributed by atoms with E-state index in [2.05, 4.69) is 25.1 Å². The lowest BCUT2D eigenvalue weighted by Gasteiger charge is -2.12. The Bertz CT molecular complexity index is 97.8. The lowest BCUT2D eigenvalue weighted by atomic mass is 10.2. The van der Waals surface area contributed by atoms with Crippen LogP contribution in [-0.2, 0) is 0 Å². The summed E-state index contributed by atoms with van der Waals surface area (Å²) in [6.45, 7) is 5.34. The van der Waals surface area contributed by atoms with Crippen molar-refractivity contribution < 1.29 is 0 Å². The molecule has 0 aromatic heterocycles. The average Bonchev–Trinajstić information content (AvgIpc) is 1.99. The lowest BCUT2D eigenvalue weighted by molar-refractivity contribution is 0.492. The molecule has 0 heterocycles. The molecule has 1 N–H and O–H groups in total. The minimum atomic E-state index is 0.661. The van der Waals surface area contributed by atoms with E-state index in [1.165, 1.54) is 12.8 Å². The van der Waals surface area contributed by atoms with E-state index in [0.29, 0.717) is 6.04 Å².